The highest BCUT2D eigenvalue weighted by atomic mass is 16.5. The summed E-state index contributed by atoms with van der Waals surface area (Å²) in [6.07, 6.45) is 4.62. The molecule has 1 N–H and O–H groups in total. The first kappa shape index (κ1) is 18.0. The number of fused-ring (bicyclic) bond motifs is 1. The Bertz CT molecular complexity index is 934. The highest BCUT2D eigenvalue weighted by Crippen LogP contribution is 2.31. The maximum atomic E-state index is 12.3. The lowest BCUT2D eigenvalue weighted by molar-refractivity contribution is 0.285. The number of hydrogen-bond donors (Lipinski definition) is 1. The molecule has 0 amide bonds. The molecule has 0 radical (unpaired) electrons. The molecule has 5 heteroatoms. The van der Waals surface area contributed by atoms with E-state index in [9.17, 15) is 4.79 Å². The second-order valence-corrected chi connectivity index (χ2v) is 6.21. The largest absolute Gasteiger partial charge is 0.493 e. The van der Waals surface area contributed by atoms with E-state index in [0.29, 0.717) is 34.8 Å². The van der Waals surface area contributed by atoms with E-state index in [4.69, 9.17) is 9.47 Å². The van der Waals surface area contributed by atoms with Gasteiger partial charge in [-0.25, -0.2) is 4.98 Å². The zero-order valence-electron chi connectivity index (χ0n) is 15.2. The van der Waals surface area contributed by atoms with E-state index in [-0.39, 0.29) is 5.56 Å². The van der Waals surface area contributed by atoms with Crippen LogP contribution in [0, 0.1) is 0 Å². The Hall–Kier alpha value is -2.82. The van der Waals surface area contributed by atoms with Crippen molar-refractivity contribution in [2.45, 2.75) is 32.6 Å². The molecule has 0 unspecified atom stereocenters. The van der Waals surface area contributed by atoms with Crippen molar-refractivity contribution in [3.63, 3.8) is 0 Å². The van der Waals surface area contributed by atoms with Crippen LogP contribution in [0.4, 0.5) is 0 Å². The van der Waals surface area contributed by atoms with Gasteiger partial charge in [-0.1, -0.05) is 38.3 Å². The standard InChI is InChI=1S/C21H24N2O3/c1-3-4-5-8-13-26-18-12-11-15(14-19(18)25-2)20-22-17-10-7-6-9-16(17)21(24)23-20/h6-7,9-12,14H,3-5,8,13H2,1-2H3,(H,22,23,24). The van der Waals surface area contributed by atoms with Crippen LogP contribution in [0.3, 0.4) is 0 Å². The molecule has 0 bridgehead atoms. The summed E-state index contributed by atoms with van der Waals surface area (Å²) < 4.78 is 11.3. The van der Waals surface area contributed by atoms with Crippen LogP contribution in [0.2, 0.25) is 0 Å². The first-order chi connectivity index (χ1) is 12.7. The molecule has 136 valence electrons. The first-order valence-corrected chi connectivity index (χ1v) is 9.03. The lowest BCUT2D eigenvalue weighted by Gasteiger charge is -2.12. The summed E-state index contributed by atoms with van der Waals surface area (Å²) in [6, 6.07) is 12.9. The van der Waals surface area contributed by atoms with Crippen molar-refractivity contribution in [3.05, 3.63) is 52.8 Å². The molecule has 0 saturated heterocycles. The van der Waals surface area contributed by atoms with Crippen LogP contribution in [0.1, 0.15) is 32.6 Å². The molecule has 3 rings (SSSR count). The molecular formula is C21H24N2O3. The highest BCUT2D eigenvalue weighted by molar-refractivity contribution is 5.79. The Morgan fingerprint density at radius 1 is 1.04 bits per heavy atom. The van der Waals surface area contributed by atoms with Gasteiger partial charge < -0.3 is 14.5 Å². The van der Waals surface area contributed by atoms with Crippen molar-refractivity contribution in [1.29, 1.82) is 0 Å². The van der Waals surface area contributed by atoms with Gasteiger partial charge in [0.2, 0.25) is 0 Å². The number of hydrogen-bond acceptors (Lipinski definition) is 4. The summed E-state index contributed by atoms with van der Waals surface area (Å²) in [5.41, 5.74) is 1.30. The highest BCUT2D eigenvalue weighted by Gasteiger charge is 2.10. The molecule has 0 fully saturated rings. The number of para-hydroxylation sites is 1. The van der Waals surface area contributed by atoms with Gasteiger partial charge in [-0.15, -0.1) is 0 Å². The van der Waals surface area contributed by atoms with Gasteiger partial charge in [0.05, 0.1) is 24.6 Å². The molecule has 0 saturated carbocycles. The van der Waals surface area contributed by atoms with Gasteiger partial charge in [0, 0.05) is 5.56 Å². The fourth-order valence-corrected chi connectivity index (χ4v) is 2.87. The molecule has 3 aromatic rings. The van der Waals surface area contributed by atoms with E-state index >= 15 is 0 Å². The Labute approximate surface area is 153 Å². The van der Waals surface area contributed by atoms with Crippen LogP contribution in [-0.2, 0) is 0 Å². The van der Waals surface area contributed by atoms with Crippen molar-refractivity contribution in [3.8, 4) is 22.9 Å². The minimum atomic E-state index is -0.152. The predicted octanol–water partition coefficient (Wildman–Crippen LogP) is 4.56. The Balaban J connectivity index is 1.84. The van der Waals surface area contributed by atoms with E-state index in [0.717, 1.165) is 12.0 Å². The van der Waals surface area contributed by atoms with Crippen molar-refractivity contribution in [2.75, 3.05) is 13.7 Å². The first-order valence-electron chi connectivity index (χ1n) is 9.03. The maximum absolute atomic E-state index is 12.3. The van der Waals surface area contributed by atoms with Gasteiger partial charge >= 0.3 is 0 Å². The van der Waals surface area contributed by atoms with Gasteiger partial charge in [0.1, 0.15) is 5.82 Å². The summed E-state index contributed by atoms with van der Waals surface area (Å²) in [7, 11) is 1.61. The van der Waals surface area contributed by atoms with Crippen LogP contribution in [0.5, 0.6) is 11.5 Å². The van der Waals surface area contributed by atoms with Crippen molar-refractivity contribution in [1.82, 2.24) is 9.97 Å². The van der Waals surface area contributed by atoms with Gasteiger partial charge in [-0.3, -0.25) is 4.79 Å². The number of unbranched alkanes of at least 4 members (excludes halogenated alkanes) is 3. The van der Waals surface area contributed by atoms with Crippen molar-refractivity contribution >= 4 is 10.9 Å². The molecule has 2 aromatic carbocycles. The van der Waals surface area contributed by atoms with Crippen LogP contribution >= 0.6 is 0 Å². The van der Waals surface area contributed by atoms with E-state index in [1.54, 1.807) is 13.2 Å². The SMILES string of the molecule is CCCCCCOc1ccc(-c2nc3ccccc3c(=O)[nH]2)cc1OC. The Morgan fingerprint density at radius 2 is 1.88 bits per heavy atom. The molecule has 1 heterocycles. The fourth-order valence-electron chi connectivity index (χ4n) is 2.87. The Kier molecular flexibility index (Phi) is 5.89. The van der Waals surface area contributed by atoms with E-state index in [2.05, 4.69) is 16.9 Å². The number of nitrogens with zero attached hydrogens (tertiary/aromatic N) is 1. The van der Waals surface area contributed by atoms with Gasteiger partial charge in [-0.05, 0) is 36.8 Å². The summed E-state index contributed by atoms with van der Waals surface area (Å²) in [5.74, 6) is 1.85. The normalized spacial score (nSPS) is 10.8. The van der Waals surface area contributed by atoms with Crippen LogP contribution < -0.4 is 15.0 Å². The molecule has 0 atom stereocenters. The van der Waals surface area contributed by atoms with Gasteiger partial charge in [-0.2, -0.15) is 0 Å². The second kappa shape index (κ2) is 8.52. The van der Waals surface area contributed by atoms with Crippen LogP contribution in [-0.4, -0.2) is 23.7 Å². The number of benzene rings is 2. The number of aromatic nitrogens is 2. The number of nitrogens with one attached hydrogen (secondary N) is 1. The fraction of sp³-hybridized carbons (Fsp3) is 0.333. The van der Waals surface area contributed by atoms with Gasteiger partial charge in [0.15, 0.2) is 11.5 Å². The average molecular weight is 352 g/mol. The zero-order chi connectivity index (χ0) is 18.4. The molecule has 0 spiro atoms. The summed E-state index contributed by atoms with van der Waals surface area (Å²) in [4.78, 5) is 19.7. The lowest BCUT2D eigenvalue weighted by Crippen LogP contribution is -2.09. The summed E-state index contributed by atoms with van der Waals surface area (Å²) >= 11 is 0. The molecule has 0 aliphatic carbocycles. The molecule has 0 aliphatic rings. The third-order valence-corrected chi connectivity index (χ3v) is 4.31. The Morgan fingerprint density at radius 3 is 2.69 bits per heavy atom. The predicted molar refractivity (Wildman–Crippen MR) is 104 cm³/mol. The number of ether oxygens (including phenoxy) is 2. The third kappa shape index (κ3) is 4.04. The van der Waals surface area contributed by atoms with E-state index < -0.39 is 0 Å². The smallest absolute Gasteiger partial charge is 0.259 e. The van der Waals surface area contributed by atoms with Gasteiger partial charge in [0.25, 0.3) is 5.56 Å². The maximum Gasteiger partial charge on any atom is 0.259 e. The molecule has 26 heavy (non-hydrogen) atoms. The zero-order valence-corrected chi connectivity index (χ0v) is 15.2. The van der Waals surface area contributed by atoms with Crippen molar-refractivity contribution in [2.24, 2.45) is 0 Å². The minimum Gasteiger partial charge on any atom is -0.493 e. The molecular weight excluding hydrogens is 328 g/mol. The van der Waals surface area contributed by atoms with Crippen molar-refractivity contribution < 1.29 is 9.47 Å². The van der Waals surface area contributed by atoms with E-state index in [1.807, 2.05) is 36.4 Å². The average Bonchev–Trinajstić information content (AvgIpc) is 2.68. The lowest BCUT2D eigenvalue weighted by atomic mass is 10.1. The molecule has 0 aliphatic heterocycles. The second-order valence-electron chi connectivity index (χ2n) is 6.21. The number of aromatic amines is 1. The topological polar surface area (TPSA) is 64.2 Å². The van der Waals surface area contributed by atoms with Crippen LogP contribution in [0.15, 0.2) is 47.3 Å². The van der Waals surface area contributed by atoms with E-state index in [1.165, 1.54) is 19.3 Å². The third-order valence-electron chi connectivity index (χ3n) is 4.31. The number of methoxy groups -OCH3 is 1. The molecule has 1 aromatic heterocycles. The molecule has 5 nitrogen and oxygen atoms in total. The summed E-state index contributed by atoms with van der Waals surface area (Å²) in [5, 5.41) is 0.579. The number of rotatable bonds is 8. The minimum absolute atomic E-state index is 0.152. The summed E-state index contributed by atoms with van der Waals surface area (Å²) in [6.45, 7) is 2.86. The quantitative estimate of drug-likeness (QED) is 0.604. The monoisotopic (exact) mass is 352 g/mol. The van der Waals surface area contributed by atoms with Crippen LogP contribution in [0.25, 0.3) is 22.3 Å². The number of H-pyrrole nitrogens is 1.